The molecule has 8 heteroatoms. The van der Waals surface area contributed by atoms with Gasteiger partial charge in [-0.05, 0) is 43.4 Å². The first-order chi connectivity index (χ1) is 14.2. The zero-order valence-corrected chi connectivity index (χ0v) is 17.0. The van der Waals surface area contributed by atoms with E-state index in [9.17, 15) is 9.59 Å². The maximum absolute atomic E-state index is 12.7. The lowest BCUT2D eigenvalue weighted by Crippen LogP contribution is -2.48. The Balaban J connectivity index is 1.28. The topological polar surface area (TPSA) is 82.2 Å². The van der Waals surface area contributed by atoms with E-state index in [0.717, 1.165) is 42.6 Å². The molecule has 2 aliphatic rings. The Kier molecular flexibility index (Phi) is 4.89. The van der Waals surface area contributed by atoms with Crippen LogP contribution in [0.15, 0.2) is 29.2 Å². The second kappa shape index (κ2) is 7.68. The first-order valence-corrected chi connectivity index (χ1v) is 11.0. The molecule has 1 fully saturated rings. The number of aromatic nitrogens is 3. The van der Waals surface area contributed by atoms with Crippen LogP contribution < -0.4 is 5.56 Å². The van der Waals surface area contributed by atoms with Crippen molar-refractivity contribution in [3.8, 4) is 0 Å². The lowest BCUT2D eigenvalue weighted by molar-refractivity contribution is 0.0620. The Labute approximate surface area is 172 Å². The van der Waals surface area contributed by atoms with E-state index >= 15 is 0 Å². The summed E-state index contributed by atoms with van der Waals surface area (Å²) >= 11 is 1.68. The van der Waals surface area contributed by atoms with E-state index < -0.39 is 0 Å². The molecule has 0 spiro atoms. The van der Waals surface area contributed by atoms with Crippen LogP contribution in [0.5, 0.6) is 0 Å². The zero-order valence-electron chi connectivity index (χ0n) is 16.2. The normalized spacial score (nSPS) is 17.4. The quantitative estimate of drug-likeness (QED) is 0.717. The van der Waals surface area contributed by atoms with Gasteiger partial charge in [0.25, 0.3) is 11.5 Å². The number of aromatic amines is 1. The van der Waals surface area contributed by atoms with E-state index in [2.05, 4.69) is 14.9 Å². The molecule has 1 saturated heterocycles. The van der Waals surface area contributed by atoms with Gasteiger partial charge in [0.1, 0.15) is 16.3 Å². The van der Waals surface area contributed by atoms with Crippen molar-refractivity contribution >= 4 is 27.5 Å². The monoisotopic (exact) mass is 409 g/mol. The van der Waals surface area contributed by atoms with E-state index in [-0.39, 0.29) is 11.5 Å². The number of hydrogen-bond donors (Lipinski definition) is 1. The summed E-state index contributed by atoms with van der Waals surface area (Å²) in [5.41, 5.74) is 1.70. The summed E-state index contributed by atoms with van der Waals surface area (Å²) < 4.78 is 0. The van der Waals surface area contributed by atoms with Crippen molar-refractivity contribution < 1.29 is 4.79 Å². The zero-order chi connectivity index (χ0) is 19.8. The summed E-state index contributed by atoms with van der Waals surface area (Å²) in [5, 5.41) is 0.805. The number of thiophene rings is 1. The van der Waals surface area contributed by atoms with Gasteiger partial charge < -0.3 is 9.88 Å². The van der Waals surface area contributed by atoms with Gasteiger partial charge in [-0.3, -0.25) is 19.5 Å². The van der Waals surface area contributed by atoms with Crippen LogP contribution in [0.2, 0.25) is 0 Å². The molecule has 3 aromatic rings. The molecule has 1 aliphatic heterocycles. The van der Waals surface area contributed by atoms with Crippen molar-refractivity contribution in [2.45, 2.75) is 32.2 Å². The highest BCUT2D eigenvalue weighted by Gasteiger charge is 2.24. The molecule has 0 aromatic carbocycles. The fourth-order valence-corrected chi connectivity index (χ4v) is 5.54. The van der Waals surface area contributed by atoms with Crippen molar-refractivity contribution in [1.82, 2.24) is 24.8 Å². The molecule has 0 radical (unpaired) electrons. The van der Waals surface area contributed by atoms with Crippen LogP contribution in [0.3, 0.4) is 0 Å². The predicted molar refractivity (Wildman–Crippen MR) is 112 cm³/mol. The predicted octanol–water partition coefficient (Wildman–Crippen LogP) is 2.22. The second-order valence-corrected chi connectivity index (χ2v) is 8.77. The fraction of sp³-hybridized carbons (Fsp3) is 0.429. The van der Waals surface area contributed by atoms with E-state index in [1.165, 1.54) is 16.9 Å². The summed E-state index contributed by atoms with van der Waals surface area (Å²) in [6.45, 7) is 3.40. The van der Waals surface area contributed by atoms with Gasteiger partial charge in [-0.2, -0.15) is 0 Å². The molecule has 5 rings (SSSR count). The number of nitrogens with zero attached hydrogens (tertiary/aromatic N) is 4. The number of hydrogen-bond acceptors (Lipinski definition) is 6. The Morgan fingerprint density at radius 1 is 1.14 bits per heavy atom. The molecule has 0 bridgehead atoms. The molecule has 29 heavy (non-hydrogen) atoms. The maximum atomic E-state index is 12.7. The third kappa shape index (κ3) is 3.58. The van der Waals surface area contributed by atoms with Gasteiger partial charge in [0.15, 0.2) is 0 Å². The first-order valence-electron chi connectivity index (χ1n) is 10.1. The number of carbonyl (C=O) groups is 1. The molecule has 150 valence electrons. The summed E-state index contributed by atoms with van der Waals surface area (Å²) in [6.07, 6.45) is 6.06. The highest BCUT2D eigenvalue weighted by Crippen LogP contribution is 2.33. The first kappa shape index (κ1) is 18.4. The van der Waals surface area contributed by atoms with Crippen LogP contribution in [0, 0.1) is 0 Å². The van der Waals surface area contributed by atoms with Crippen molar-refractivity contribution in [3.63, 3.8) is 0 Å². The Bertz CT molecular complexity index is 1100. The minimum absolute atomic E-state index is 0.00614. The molecule has 1 amide bonds. The molecular weight excluding hydrogens is 386 g/mol. The van der Waals surface area contributed by atoms with Crippen LogP contribution in [-0.4, -0.2) is 56.8 Å². The fourth-order valence-electron chi connectivity index (χ4n) is 4.26. The number of nitrogens with one attached hydrogen (secondary N) is 1. The molecular formula is C21H23N5O2S. The summed E-state index contributed by atoms with van der Waals surface area (Å²) in [7, 11) is 0. The van der Waals surface area contributed by atoms with Crippen LogP contribution >= 0.6 is 11.3 Å². The van der Waals surface area contributed by atoms with Gasteiger partial charge in [-0.15, -0.1) is 11.3 Å². The maximum Gasteiger partial charge on any atom is 0.272 e. The van der Waals surface area contributed by atoms with Crippen LogP contribution in [0.4, 0.5) is 0 Å². The lowest BCUT2D eigenvalue weighted by Gasteiger charge is -2.34. The third-order valence-electron chi connectivity index (χ3n) is 5.79. The smallest absolute Gasteiger partial charge is 0.272 e. The van der Waals surface area contributed by atoms with Gasteiger partial charge in [0.05, 0.1) is 11.9 Å². The van der Waals surface area contributed by atoms with Crippen molar-refractivity contribution in [1.29, 1.82) is 0 Å². The average Bonchev–Trinajstić information content (AvgIpc) is 3.13. The van der Waals surface area contributed by atoms with E-state index in [0.29, 0.717) is 31.2 Å². The number of rotatable bonds is 3. The SMILES string of the molecule is O=C(c1ccccn1)N1CCN(Cc2nc3sc4c(c3c(=O)[nH]2)CCCC4)CC1. The minimum Gasteiger partial charge on any atom is -0.335 e. The van der Waals surface area contributed by atoms with E-state index in [1.54, 1.807) is 23.6 Å². The van der Waals surface area contributed by atoms with Gasteiger partial charge in [-0.25, -0.2) is 4.98 Å². The molecule has 1 aliphatic carbocycles. The van der Waals surface area contributed by atoms with Gasteiger partial charge in [0, 0.05) is 37.3 Å². The standard InChI is InChI=1S/C21H23N5O2S/c27-19-18-14-5-1-2-7-16(14)29-20(18)24-17(23-19)13-25-9-11-26(12-10-25)21(28)15-6-3-4-8-22-15/h3-4,6,8H,1-2,5,7,9-13H2,(H,23,24,27). The number of fused-ring (bicyclic) bond motifs is 3. The number of piperazine rings is 1. The molecule has 4 heterocycles. The highest BCUT2D eigenvalue weighted by molar-refractivity contribution is 7.18. The minimum atomic E-state index is -0.0256. The Morgan fingerprint density at radius 2 is 1.97 bits per heavy atom. The van der Waals surface area contributed by atoms with E-state index in [1.807, 2.05) is 17.0 Å². The summed E-state index contributed by atoms with van der Waals surface area (Å²) in [6, 6.07) is 5.39. The number of pyridine rings is 1. The largest absolute Gasteiger partial charge is 0.335 e. The van der Waals surface area contributed by atoms with Gasteiger partial charge in [0.2, 0.25) is 0 Å². The van der Waals surface area contributed by atoms with Crippen molar-refractivity contribution in [2.75, 3.05) is 26.2 Å². The third-order valence-corrected chi connectivity index (χ3v) is 6.98. The Morgan fingerprint density at radius 3 is 2.76 bits per heavy atom. The number of H-pyrrole nitrogens is 1. The number of aryl methyl sites for hydroxylation is 2. The molecule has 1 N–H and O–H groups in total. The molecule has 3 aromatic heterocycles. The Hall–Kier alpha value is -2.58. The van der Waals surface area contributed by atoms with Gasteiger partial charge >= 0.3 is 0 Å². The lowest BCUT2D eigenvalue weighted by atomic mass is 9.97. The molecule has 0 unspecified atom stereocenters. The van der Waals surface area contributed by atoms with Gasteiger partial charge in [-0.1, -0.05) is 6.07 Å². The van der Waals surface area contributed by atoms with E-state index in [4.69, 9.17) is 4.98 Å². The molecule has 7 nitrogen and oxygen atoms in total. The average molecular weight is 410 g/mol. The number of carbonyl (C=O) groups excluding carboxylic acids is 1. The highest BCUT2D eigenvalue weighted by atomic mass is 32.1. The van der Waals surface area contributed by atoms with Crippen LogP contribution in [-0.2, 0) is 19.4 Å². The second-order valence-electron chi connectivity index (χ2n) is 7.69. The number of amides is 1. The summed E-state index contributed by atoms with van der Waals surface area (Å²) in [5.74, 6) is 0.688. The van der Waals surface area contributed by atoms with Crippen LogP contribution in [0.25, 0.3) is 10.2 Å². The summed E-state index contributed by atoms with van der Waals surface area (Å²) in [4.78, 5) is 43.5. The molecule has 0 saturated carbocycles. The van der Waals surface area contributed by atoms with Crippen molar-refractivity contribution in [2.24, 2.45) is 0 Å². The van der Waals surface area contributed by atoms with Crippen LogP contribution in [0.1, 0.15) is 39.6 Å². The molecule has 0 atom stereocenters. The van der Waals surface area contributed by atoms with Crippen molar-refractivity contribution in [3.05, 3.63) is 56.7 Å².